The maximum Gasteiger partial charge on any atom is 0.337 e. The molecule has 1 N–H and O–H groups in total. The van der Waals surface area contributed by atoms with Gasteiger partial charge in [-0.05, 0) is 18.4 Å². The van der Waals surface area contributed by atoms with E-state index in [4.69, 9.17) is 5.11 Å². The van der Waals surface area contributed by atoms with Crippen LogP contribution in [0.3, 0.4) is 0 Å². The van der Waals surface area contributed by atoms with Crippen molar-refractivity contribution in [2.45, 2.75) is 40.2 Å². The Kier molecular flexibility index (Phi) is 3.95. The van der Waals surface area contributed by atoms with Crippen molar-refractivity contribution in [2.24, 2.45) is 5.92 Å². The number of aromatic nitrogens is 1. The third kappa shape index (κ3) is 2.85. The zero-order valence-electron chi connectivity index (χ0n) is 9.66. The predicted molar refractivity (Wildman–Crippen MR) is 60.2 cm³/mol. The van der Waals surface area contributed by atoms with Gasteiger partial charge in [0.25, 0.3) is 0 Å². The summed E-state index contributed by atoms with van der Waals surface area (Å²) in [5.41, 5.74) is 1.41. The fourth-order valence-corrected chi connectivity index (χ4v) is 1.78. The number of hydrogen-bond donors (Lipinski definition) is 1. The largest absolute Gasteiger partial charge is 0.478 e. The van der Waals surface area contributed by atoms with Gasteiger partial charge in [0.1, 0.15) is 0 Å². The molecule has 0 bridgehead atoms. The van der Waals surface area contributed by atoms with E-state index in [0.717, 1.165) is 25.1 Å². The highest BCUT2D eigenvalue weighted by molar-refractivity contribution is 5.89. The molecule has 0 fully saturated rings. The minimum atomic E-state index is -0.819. The lowest BCUT2D eigenvalue weighted by atomic mass is 10.1. The molecule has 0 unspecified atom stereocenters. The van der Waals surface area contributed by atoms with Gasteiger partial charge in [-0.2, -0.15) is 0 Å². The van der Waals surface area contributed by atoms with Crippen LogP contribution in [0, 0.1) is 5.92 Å². The van der Waals surface area contributed by atoms with Crippen LogP contribution >= 0.6 is 0 Å². The number of aromatic carboxylic acids is 1. The molecule has 1 heterocycles. The SMILES string of the molecule is CCCc1c(C(=O)O)ccn1CC(C)C. The van der Waals surface area contributed by atoms with E-state index in [9.17, 15) is 4.79 Å². The van der Waals surface area contributed by atoms with Gasteiger partial charge in [0.15, 0.2) is 0 Å². The normalized spacial score (nSPS) is 10.9. The van der Waals surface area contributed by atoms with E-state index >= 15 is 0 Å². The Morgan fingerprint density at radius 1 is 1.53 bits per heavy atom. The van der Waals surface area contributed by atoms with Crippen molar-refractivity contribution >= 4 is 5.97 Å². The fourth-order valence-electron chi connectivity index (χ4n) is 1.78. The van der Waals surface area contributed by atoms with E-state index in [1.807, 2.05) is 6.20 Å². The number of hydrogen-bond acceptors (Lipinski definition) is 1. The smallest absolute Gasteiger partial charge is 0.337 e. The van der Waals surface area contributed by atoms with Gasteiger partial charge in [-0.1, -0.05) is 27.2 Å². The van der Waals surface area contributed by atoms with Crippen LogP contribution in [0.1, 0.15) is 43.2 Å². The lowest BCUT2D eigenvalue weighted by molar-refractivity contribution is 0.0695. The third-order valence-electron chi connectivity index (χ3n) is 2.36. The molecule has 0 amide bonds. The third-order valence-corrected chi connectivity index (χ3v) is 2.36. The molecule has 84 valence electrons. The van der Waals surface area contributed by atoms with Crippen molar-refractivity contribution in [3.8, 4) is 0 Å². The van der Waals surface area contributed by atoms with Gasteiger partial charge >= 0.3 is 5.97 Å². The minimum Gasteiger partial charge on any atom is -0.478 e. The summed E-state index contributed by atoms with van der Waals surface area (Å²) < 4.78 is 2.07. The van der Waals surface area contributed by atoms with Crippen LogP contribution in [0.15, 0.2) is 12.3 Å². The maximum atomic E-state index is 11.0. The fraction of sp³-hybridized carbons (Fsp3) is 0.583. The van der Waals surface area contributed by atoms with Gasteiger partial charge < -0.3 is 9.67 Å². The summed E-state index contributed by atoms with van der Waals surface area (Å²) in [6.45, 7) is 7.23. The monoisotopic (exact) mass is 209 g/mol. The van der Waals surface area contributed by atoms with E-state index in [1.54, 1.807) is 6.07 Å². The molecule has 1 aromatic rings. The van der Waals surface area contributed by atoms with Crippen molar-refractivity contribution in [2.75, 3.05) is 0 Å². The lowest BCUT2D eigenvalue weighted by Crippen LogP contribution is -2.10. The van der Waals surface area contributed by atoms with Crippen LogP contribution in [0.5, 0.6) is 0 Å². The highest BCUT2D eigenvalue weighted by Crippen LogP contribution is 2.15. The van der Waals surface area contributed by atoms with Crippen molar-refractivity contribution in [1.29, 1.82) is 0 Å². The van der Waals surface area contributed by atoms with Crippen LogP contribution in [-0.4, -0.2) is 15.6 Å². The van der Waals surface area contributed by atoms with Crippen molar-refractivity contribution in [1.82, 2.24) is 4.57 Å². The molecule has 0 aliphatic heterocycles. The number of carboxylic acids is 1. The molecule has 0 saturated carbocycles. The molecule has 3 nitrogen and oxygen atoms in total. The Morgan fingerprint density at radius 3 is 2.67 bits per heavy atom. The first-order valence-electron chi connectivity index (χ1n) is 5.47. The summed E-state index contributed by atoms with van der Waals surface area (Å²) >= 11 is 0. The van der Waals surface area contributed by atoms with E-state index in [-0.39, 0.29) is 0 Å². The summed E-state index contributed by atoms with van der Waals surface area (Å²) in [5.74, 6) is -0.282. The minimum absolute atomic E-state index is 0.456. The number of carboxylic acid groups (broad SMARTS) is 1. The van der Waals surface area contributed by atoms with Crippen LogP contribution in [0.2, 0.25) is 0 Å². The Hall–Kier alpha value is -1.25. The van der Waals surface area contributed by atoms with Crippen molar-refractivity contribution in [3.05, 3.63) is 23.5 Å². The highest BCUT2D eigenvalue weighted by atomic mass is 16.4. The zero-order valence-corrected chi connectivity index (χ0v) is 9.66. The van der Waals surface area contributed by atoms with Gasteiger partial charge in [0, 0.05) is 18.4 Å². The van der Waals surface area contributed by atoms with Gasteiger partial charge in [-0.25, -0.2) is 4.79 Å². The molecule has 0 radical (unpaired) electrons. The Labute approximate surface area is 90.7 Å². The molecule has 15 heavy (non-hydrogen) atoms. The van der Waals surface area contributed by atoms with E-state index in [0.29, 0.717) is 11.5 Å². The molecule has 0 aliphatic rings. The Balaban J connectivity index is 3.00. The van der Waals surface area contributed by atoms with Crippen LogP contribution in [-0.2, 0) is 13.0 Å². The van der Waals surface area contributed by atoms with Gasteiger partial charge in [0.05, 0.1) is 5.56 Å². The standard InChI is InChI=1S/C12H19NO2/c1-4-5-11-10(12(14)15)6-7-13(11)8-9(2)3/h6-7,9H,4-5,8H2,1-3H3,(H,14,15). The Morgan fingerprint density at radius 2 is 2.20 bits per heavy atom. The maximum absolute atomic E-state index is 11.0. The molecule has 0 saturated heterocycles. The molecule has 1 rings (SSSR count). The molecule has 0 aliphatic carbocycles. The summed E-state index contributed by atoms with van der Waals surface area (Å²) in [6, 6.07) is 1.70. The second-order valence-electron chi connectivity index (χ2n) is 4.28. The molecule has 0 atom stereocenters. The number of rotatable bonds is 5. The molecular weight excluding hydrogens is 190 g/mol. The number of carbonyl (C=O) groups is 1. The molecule has 3 heteroatoms. The van der Waals surface area contributed by atoms with Gasteiger partial charge in [-0.3, -0.25) is 0 Å². The zero-order chi connectivity index (χ0) is 11.4. The topological polar surface area (TPSA) is 42.2 Å². The van der Waals surface area contributed by atoms with E-state index in [1.165, 1.54) is 0 Å². The first kappa shape index (κ1) is 11.8. The average Bonchev–Trinajstić information content (AvgIpc) is 2.48. The first-order valence-corrected chi connectivity index (χ1v) is 5.47. The molecule has 0 spiro atoms. The predicted octanol–water partition coefficient (Wildman–Crippen LogP) is 2.79. The summed E-state index contributed by atoms with van der Waals surface area (Å²) in [4.78, 5) is 11.0. The van der Waals surface area contributed by atoms with Crippen LogP contribution < -0.4 is 0 Å². The van der Waals surface area contributed by atoms with Gasteiger partial charge in [-0.15, -0.1) is 0 Å². The van der Waals surface area contributed by atoms with Crippen LogP contribution in [0.25, 0.3) is 0 Å². The number of nitrogens with zero attached hydrogens (tertiary/aromatic N) is 1. The van der Waals surface area contributed by atoms with Crippen molar-refractivity contribution < 1.29 is 9.90 Å². The molecule has 0 aromatic carbocycles. The van der Waals surface area contributed by atoms with Crippen LogP contribution in [0.4, 0.5) is 0 Å². The second-order valence-corrected chi connectivity index (χ2v) is 4.28. The Bertz CT molecular complexity index is 339. The van der Waals surface area contributed by atoms with Gasteiger partial charge in [0.2, 0.25) is 0 Å². The first-order chi connectivity index (χ1) is 7.06. The summed E-state index contributed by atoms with van der Waals surface area (Å²) in [6.07, 6.45) is 3.69. The summed E-state index contributed by atoms with van der Waals surface area (Å²) in [7, 11) is 0. The quantitative estimate of drug-likeness (QED) is 0.810. The molecular formula is C12H19NO2. The van der Waals surface area contributed by atoms with E-state index < -0.39 is 5.97 Å². The average molecular weight is 209 g/mol. The van der Waals surface area contributed by atoms with E-state index in [2.05, 4.69) is 25.3 Å². The highest BCUT2D eigenvalue weighted by Gasteiger charge is 2.14. The molecule has 1 aromatic heterocycles. The second kappa shape index (κ2) is 5.01. The lowest BCUT2D eigenvalue weighted by Gasteiger charge is -2.11. The van der Waals surface area contributed by atoms with Crippen molar-refractivity contribution in [3.63, 3.8) is 0 Å². The summed E-state index contributed by atoms with van der Waals surface area (Å²) in [5, 5.41) is 9.03.